The van der Waals surface area contributed by atoms with E-state index in [1.54, 1.807) is 0 Å². The average Bonchev–Trinajstić information content (AvgIpc) is 2.62. The Morgan fingerprint density at radius 3 is 2.50 bits per heavy atom. The van der Waals surface area contributed by atoms with Gasteiger partial charge in [0, 0.05) is 18.3 Å². The first-order chi connectivity index (χ1) is 7.62. The zero-order valence-electron chi connectivity index (χ0n) is 9.46. The third-order valence-electron chi connectivity index (χ3n) is 3.08. The Hall–Kier alpha value is -1.03. The molecule has 0 bridgehead atoms. The molecule has 0 saturated carbocycles. The lowest BCUT2D eigenvalue weighted by Crippen LogP contribution is -2.36. The second-order valence-electron chi connectivity index (χ2n) is 4.18. The van der Waals surface area contributed by atoms with Gasteiger partial charge < -0.3 is 4.90 Å². The van der Waals surface area contributed by atoms with Gasteiger partial charge in [-0.1, -0.05) is 18.2 Å². The molecule has 0 radical (unpaired) electrons. The van der Waals surface area contributed by atoms with Crippen LogP contribution in [0.25, 0.3) is 0 Å². The summed E-state index contributed by atoms with van der Waals surface area (Å²) in [6.45, 7) is 2.92. The van der Waals surface area contributed by atoms with Crippen LogP contribution in [0.5, 0.6) is 0 Å². The van der Waals surface area contributed by atoms with Crippen molar-refractivity contribution in [2.24, 2.45) is 0 Å². The molecular weight excluding hydrogens is 222 g/mol. The Bertz CT molecular complexity index is 441. The highest BCUT2D eigenvalue weighted by molar-refractivity contribution is 7.91. The number of anilines is 1. The molecule has 2 rings (SSSR count). The van der Waals surface area contributed by atoms with E-state index in [0.717, 1.165) is 18.7 Å². The fourth-order valence-electron chi connectivity index (χ4n) is 2.29. The van der Waals surface area contributed by atoms with E-state index in [1.807, 2.05) is 30.3 Å². The van der Waals surface area contributed by atoms with Gasteiger partial charge in [0.05, 0.1) is 11.5 Å². The summed E-state index contributed by atoms with van der Waals surface area (Å²) >= 11 is 0. The summed E-state index contributed by atoms with van der Waals surface area (Å²) in [4.78, 5) is 2.19. The molecule has 1 heterocycles. The van der Waals surface area contributed by atoms with E-state index in [-0.39, 0.29) is 6.04 Å². The van der Waals surface area contributed by atoms with E-state index < -0.39 is 9.84 Å². The van der Waals surface area contributed by atoms with Gasteiger partial charge in [-0.05, 0) is 25.5 Å². The molecule has 16 heavy (non-hydrogen) atoms. The highest BCUT2D eigenvalue weighted by Crippen LogP contribution is 2.23. The Labute approximate surface area is 97.0 Å². The molecule has 1 saturated heterocycles. The third kappa shape index (κ3) is 2.38. The van der Waals surface area contributed by atoms with Crippen molar-refractivity contribution in [2.45, 2.75) is 19.4 Å². The third-order valence-corrected chi connectivity index (χ3v) is 4.83. The van der Waals surface area contributed by atoms with Crippen molar-refractivity contribution in [1.29, 1.82) is 0 Å². The van der Waals surface area contributed by atoms with Crippen molar-refractivity contribution < 1.29 is 8.42 Å². The largest absolute Gasteiger partial charge is 0.368 e. The standard InChI is InChI=1S/C12H17NO2S/c1-2-13(11-6-4-3-5-7-11)12-8-9-16(14,15)10-12/h3-7,12H,2,8-10H2,1H3/t12-/m1/s1. The quantitative estimate of drug-likeness (QED) is 0.805. The number of rotatable bonds is 3. The van der Waals surface area contributed by atoms with Gasteiger partial charge in [0.25, 0.3) is 0 Å². The summed E-state index contributed by atoms with van der Waals surface area (Å²) < 4.78 is 22.9. The van der Waals surface area contributed by atoms with Crippen LogP contribution in [0.4, 0.5) is 5.69 Å². The Balaban J connectivity index is 2.19. The maximum Gasteiger partial charge on any atom is 0.152 e. The first-order valence-corrected chi connectivity index (χ1v) is 7.46. The van der Waals surface area contributed by atoms with Crippen LogP contribution in [-0.4, -0.2) is 32.5 Å². The summed E-state index contributed by atoms with van der Waals surface area (Å²) in [5.41, 5.74) is 1.12. The summed E-state index contributed by atoms with van der Waals surface area (Å²) in [7, 11) is -2.80. The van der Waals surface area contributed by atoms with Crippen molar-refractivity contribution in [3.8, 4) is 0 Å². The summed E-state index contributed by atoms with van der Waals surface area (Å²) in [6.07, 6.45) is 0.755. The lowest BCUT2D eigenvalue weighted by Gasteiger charge is -2.29. The SMILES string of the molecule is CCN(c1ccccc1)[C@@H]1CCS(=O)(=O)C1. The second kappa shape index (κ2) is 4.45. The first kappa shape index (κ1) is 11.5. The molecule has 1 aliphatic heterocycles. The molecule has 1 fully saturated rings. The van der Waals surface area contributed by atoms with E-state index in [9.17, 15) is 8.42 Å². The lowest BCUT2D eigenvalue weighted by atomic mass is 10.2. The van der Waals surface area contributed by atoms with Gasteiger partial charge in [0.2, 0.25) is 0 Å². The van der Waals surface area contributed by atoms with Crippen molar-refractivity contribution in [2.75, 3.05) is 23.0 Å². The molecule has 0 N–H and O–H groups in total. The monoisotopic (exact) mass is 239 g/mol. The van der Waals surface area contributed by atoms with Gasteiger partial charge in [-0.2, -0.15) is 0 Å². The molecule has 0 aromatic heterocycles. The highest BCUT2D eigenvalue weighted by atomic mass is 32.2. The van der Waals surface area contributed by atoms with E-state index in [1.165, 1.54) is 0 Å². The number of hydrogen-bond acceptors (Lipinski definition) is 3. The molecule has 0 spiro atoms. The molecule has 0 aliphatic carbocycles. The molecule has 1 aromatic rings. The summed E-state index contributed by atoms with van der Waals surface area (Å²) in [6, 6.07) is 10.2. The maximum absolute atomic E-state index is 11.5. The molecule has 1 aliphatic rings. The molecule has 4 heteroatoms. The van der Waals surface area contributed by atoms with Gasteiger partial charge in [-0.25, -0.2) is 8.42 Å². The molecular formula is C12H17NO2S. The number of para-hydroxylation sites is 1. The Morgan fingerprint density at radius 2 is 2.00 bits per heavy atom. The topological polar surface area (TPSA) is 37.4 Å². The molecule has 0 unspecified atom stereocenters. The van der Waals surface area contributed by atoms with Crippen LogP contribution in [0.2, 0.25) is 0 Å². The van der Waals surface area contributed by atoms with E-state index in [0.29, 0.717) is 11.5 Å². The fraction of sp³-hybridized carbons (Fsp3) is 0.500. The van der Waals surface area contributed by atoms with Gasteiger partial charge >= 0.3 is 0 Å². The lowest BCUT2D eigenvalue weighted by molar-refractivity contribution is 0.600. The molecule has 1 aromatic carbocycles. The normalized spacial score (nSPS) is 23.2. The van der Waals surface area contributed by atoms with Gasteiger partial charge in [-0.3, -0.25) is 0 Å². The van der Waals surface area contributed by atoms with Crippen molar-refractivity contribution in [3.63, 3.8) is 0 Å². The van der Waals surface area contributed by atoms with Crippen LogP contribution in [0.15, 0.2) is 30.3 Å². The maximum atomic E-state index is 11.5. The Kier molecular flexibility index (Phi) is 3.19. The van der Waals surface area contributed by atoms with Gasteiger partial charge in [-0.15, -0.1) is 0 Å². The van der Waals surface area contributed by atoms with Crippen LogP contribution in [-0.2, 0) is 9.84 Å². The summed E-state index contributed by atoms with van der Waals surface area (Å²) in [5, 5.41) is 0. The van der Waals surface area contributed by atoms with E-state index in [2.05, 4.69) is 11.8 Å². The predicted octanol–water partition coefficient (Wildman–Crippen LogP) is 1.70. The fourth-order valence-corrected chi connectivity index (χ4v) is 4.02. The number of benzene rings is 1. The van der Waals surface area contributed by atoms with Crippen LogP contribution in [0, 0.1) is 0 Å². The number of sulfone groups is 1. The van der Waals surface area contributed by atoms with Crippen molar-refractivity contribution in [3.05, 3.63) is 30.3 Å². The molecule has 0 amide bonds. The first-order valence-electron chi connectivity index (χ1n) is 5.64. The van der Waals surface area contributed by atoms with Crippen molar-refractivity contribution >= 4 is 15.5 Å². The Morgan fingerprint density at radius 1 is 1.31 bits per heavy atom. The van der Waals surface area contributed by atoms with E-state index >= 15 is 0 Å². The van der Waals surface area contributed by atoms with Gasteiger partial charge in [0.1, 0.15) is 0 Å². The smallest absolute Gasteiger partial charge is 0.152 e. The number of hydrogen-bond donors (Lipinski definition) is 0. The van der Waals surface area contributed by atoms with Crippen LogP contribution in [0.3, 0.4) is 0 Å². The predicted molar refractivity (Wildman–Crippen MR) is 66.5 cm³/mol. The molecule has 1 atom stereocenters. The number of nitrogens with zero attached hydrogens (tertiary/aromatic N) is 1. The molecule has 3 nitrogen and oxygen atoms in total. The average molecular weight is 239 g/mol. The summed E-state index contributed by atoms with van der Waals surface area (Å²) in [5.74, 6) is 0.636. The molecule has 88 valence electrons. The minimum atomic E-state index is -2.80. The van der Waals surface area contributed by atoms with Crippen molar-refractivity contribution in [1.82, 2.24) is 0 Å². The van der Waals surface area contributed by atoms with Crippen LogP contribution < -0.4 is 4.90 Å². The van der Waals surface area contributed by atoms with Gasteiger partial charge in [0.15, 0.2) is 9.84 Å². The second-order valence-corrected chi connectivity index (χ2v) is 6.41. The van der Waals surface area contributed by atoms with Crippen LogP contribution >= 0.6 is 0 Å². The zero-order valence-corrected chi connectivity index (χ0v) is 10.3. The minimum absolute atomic E-state index is 0.150. The van der Waals surface area contributed by atoms with Crippen LogP contribution in [0.1, 0.15) is 13.3 Å². The minimum Gasteiger partial charge on any atom is -0.368 e. The van der Waals surface area contributed by atoms with E-state index in [4.69, 9.17) is 0 Å². The highest BCUT2D eigenvalue weighted by Gasteiger charge is 2.31. The zero-order chi connectivity index (χ0) is 11.6.